The van der Waals surface area contributed by atoms with Crippen molar-refractivity contribution < 1.29 is 13.2 Å². The smallest absolute Gasteiger partial charge is 0.248 e. The molecule has 0 atom stereocenters. The third-order valence-corrected chi connectivity index (χ3v) is 6.51. The third-order valence-electron chi connectivity index (χ3n) is 4.52. The molecule has 0 aliphatic heterocycles. The van der Waals surface area contributed by atoms with E-state index in [-0.39, 0.29) is 10.8 Å². The number of carbonyl (C=O) groups excluding carboxylic acids is 1. The molecule has 0 saturated heterocycles. The molecule has 0 unspecified atom stereocenters. The zero-order chi connectivity index (χ0) is 22.1. The van der Waals surface area contributed by atoms with Gasteiger partial charge in [-0.3, -0.25) is 4.79 Å². The summed E-state index contributed by atoms with van der Waals surface area (Å²) >= 11 is 1.61. The van der Waals surface area contributed by atoms with E-state index in [0.29, 0.717) is 24.3 Å². The fourth-order valence-corrected chi connectivity index (χ4v) is 4.28. The molecule has 0 saturated carbocycles. The molecule has 3 N–H and O–H groups in total. The van der Waals surface area contributed by atoms with Gasteiger partial charge in [0, 0.05) is 22.8 Å². The van der Waals surface area contributed by atoms with Crippen molar-refractivity contribution in [1.29, 1.82) is 0 Å². The second kappa shape index (κ2) is 10.9. The molecule has 0 spiro atoms. The number of sulfonamides is 1. The highest BCUT2D eigenvalue weighted by molar-refractivity contribution is 7.99. The van der Waals surface area contributed by atoms with Gasteiger partial charge in [-0.25, -0.2) is 13.6 Å². The summed E-state index contributed by atoms with van der Waals surface area (Å²) in [5, 5.41) is 8.09. The maximum Gasteiger partial charge on any atom is 0.248 e. The van der Waals surface area contributed by atoms with Gasteiger partial charge in [0.05, 0.1) is 4.90 Å². The van der Waals surface area contributed by atoms with Crippen LogP contribution >= 0.6 is 11.8 Å². The first-order valence-electron chi connectivity index (χ1n) is 9.75. The number of carbonyl (C=O) groups is 1. The van der Waals surface area contributed by atoms with Crippen LogP contribution in [0.25, 0.3) is 6.08 Å². The summed E-state index contributed by atoms with van der Waals surface area (Å²) in [6, 6.07) is 26.1. The molecule has 3 rings (SSSR count). The van der Waals surface area contributed by atoms with Crippen LogP contribution in [0.2, 0.25) is 0 Å². The van der Waals surface area contributed by atoms with Gasteiger partial charge in [-0.15, -0.1) is 11.8 Å². The molecule has 7 heteroatoms. The number of nitrogens with one attached hydrogen (secondary N) is 1. The summed E-state index contributed by atoms with van der Waals surface area (Å²) in [6.07, 6.45) is 2.49. The van der Waals surface area contributed by atoms with Crippen LogP contribution in [0.15, 0.2) is 100 Å². The Morgan fingerprint density at radius 1 is 0.903 bits per heavy atom. The maximum absolute atomic E-state index is 12.9. The molecule has 0 heterocycles. The molecule has 0 aromatic heterocycles. The summed E-state index contributed by atoms with van der Waals surface area (Å²) in [7, 11) is -3.70. The highest BCUT2D eigenvalue weighted by Crippen LogP contribution is 2.21. The molecular formula is C24H24N2O3S2. The second-order valence-corrected chi connectivity index (χ2v) is 9.49. The van der Waals surface area contributed by atoms with Crippen LogP contribution in [-0.2, 0) is 21.2 Å². The Morgan fingerprint density at radius 2 is 1.52 bits per heavy atom. The van der Waals surface area contributed by atoms with Crippen molar-refractivity contribution in [1.82, 2.24) is 5.32 Å². The molecule has 0 bridgehead atoms. The SMILES string of the molecule is NS(=O)(=O)c1ccc(CCNC(=O)/C(=C/c2ccccc2)CSc2ccccc2)cc1. The first kappa shape index (κ1) is 22.8. The van der Waals surface area contributed by atoms with Gasteiger partial charge in [0.1, 0.15) is 0 Å². The van der Waals surface area contributed by atoms with Gasteiger partial charge in [0.2, 0.25) is 15.9 Å². The van der Waals surface area contributed by atoms with Crippen LogP contribution in [0.1, 0.15) is 11.1 Å². The zero-order valence-electron chi connectivity index (χ0n) is 16.9. The van der Waals surface area contributed by atoms with Gasteiger partial charge in [-0.05, 0) is 47.9 Å². The highest BCUT2D eigenvalue weighted by Gasteiger charge is 2.11. The summed E-state index contributed by atoms with van der Waals surface area (Å²) in [5.74, 6) is 0.432. The van der Waals surface area contributed by atoms with E-state index in [2.05, 4.69) is 5.32 Å². The third kappa shape index (κ3) is 7.40. The van der Waals surface area contributed by atoms with Crippen LogP contribution < -0.4 is 10.5 Å². The molecular weight excluding hydrogens is 428 g/mol. The van der Waals surface area contributed by atoms with Crippen molar-refractivity contribution >= 4 is 33.8 Å². The molecule has 0 aliphatic rings. The first-order valence-corrected chi connectivity index (χ1v) is 12.3. The minimum absolute atomic E-state index is 0.0753. The Labute approximate surface area is 187 Å². The van der Waals surface area contributed by atoms with Crippen molar-refractivity contribution in [3.8, 4) is 0 Å². The predicted octanol–water partition coefficient (Wildman–Crippen LogP) is 3.87. The summed E-state index contributed by atoms with van der Waals surface area (Å²) in [4.78, 5) is 14.0. The van der Waals surface area contributed by atoms with E-state index in [0.717, 1.165) is 16.0 Å². The second-order valence-electron chi connectivity index (χ2n) is 6.88. The van der Waals surface area contributed by atoms with Gasteiger partial charge in [0.25, 0.3) is 0 Å². The molecule has 0 radical (unpaired) electrons. The first-order chi connectivity index (χ1) is 14.9. The number of amides is 1. The average Bonchev–Trinajstić information content (AvgIpc) is 2.77. The Balaban J connectivity index is 1.63. The van der Waals surface area contributed by atoms with E-state index in [1.807, 2.05) is 66.7 Å². The van der Waals surface area contributed by atoms with Crippen LogP contribution in [0.4, 0.5) is 0 Å². The number of hydrogen-bond donors (Lipinski definition) is 2. The van der Waals surface area contributed by atoms with Crippen molar-refractivity contribution in [2.45, 2.75) is 16.2 Å². The molecule has 1 amide bonds. The molecule has 3 aromatic rings. The quantitative estimate of drug-likeness (QED) is 0.381. The van der Waals surface area contributed by atoms with Gasteiger partial charge >= 0.3 is 0 Å². The lowest BCUT2D eigenvalue weighted by Crippen LogP contribution is -2.28. The van der Waals surface area contributed by atoms with Crippen molar-refractivity contribution in [2.75, 3.05) is 12.3 Å². The summed E-state index contributed by atoms with van der Waals surface area (Å²) in [5.41, 5.74) is 2.57. The van der Waals surface area contributed by atoms with E-state index >= 15 is 0 Å². The van der Waals surface area contributed by atoms with Crippen LogP contribution in [0.5, 0.6) is 0 Å². The van der Waals surface area contributed by atoms with E-state index < -0.39 is 10.0 Å². The molecule has 0 aliphatic carbocycles. The Bertz CT molecular complexity index is 1130. The number of nitrogens with two attached hydrogens (primary N) is 1. The normalized spacial score (nSPS) is 11.8. The number of hydrogen-bond acceptors (Lipinski definition) is 4. The number of thioether (sulfide) groups is 1. The fourth-order valence-electron chi connectivity index (χ4n) is 2.88. The lowest BCUT2D eigenvalue weighted by Gasteiger charge is -2.10. The Morgan fingerprint density at radius 3 is 2.13 bits per heavy atom. The monoisotopic (exact) mass is 452 g/mol. The molecule has 3 aromatic carbocycles. The van der Waals surface area contributed by atoms with Crippen molar-refractivity contribution in [2.24, 2.45) is 5.14 Å². The Hall–Kier alpha value is -2.87. The number of rotatable bonds is 9. The van der Waals surface area contributed by atoms with E-state index in [9.17, 15) is 13.2 Å². The Kier molecular flexibility index (Phi) is 8.06. The largest absolute Gasteiger partial charge is 0.352 e. The van der Waals surface area contributed by atoms with Crippen LogP contribution in [0.3, 0.4) is 0 Å². The van der Waals surface area contributed by atoms with E-state index in [4.69, 9.17) is 5.14 Å². The predicted molar refractivity (Wildman–Crippen MR) is 126 cm³/mol. The van der Waals surface area contributed by atoms with E-state index in [1.165, 1.54) is 12.1 Å². The molecule has 0 fully saturated rings. The minimum Gasteiger partial charge on any atom is -0.352 e. The number of benzene rings is 3. The van der Waals surface area contributed by atoms with Gasteiger partial charge in [0.15, 0.2) is 0 Å². The van der Waals surface area contributed by atoms with Crippen molar-refractivity contribution in [3.63, 3.8) is 0 Å². The van der Waals surface area contributed by atoms with Crippen molar-refractivity contribution in [3.05, 3.63) is 102 Å². The van der Waals surface area contributed by atoms with E-state index in [1.54, 1.807) is 23.9 Å². The van der Waals surface area contributed by atoms with Gasteiger partial charge < -0.3 is 5.32 Å². The molecule has 160 valence electrons. The molecule has 31 heavy (non-hydrogen) atoms. The fraction of sp³-hybridized carbons (Fsp3) is 0.125. The number of primary sulfonamides is 1. The standard InChI is InChI=1S/C24H24N2O3S2/c25-31(28,29)23-13-11-19(12-14-23)15-16-26-24(27)21(17-20-7-3-1-4-8-20)18-30-22-9-5-2-6-10-22/h1-14,17H,15-16,18H2,(H,26,27)(H2,25,28,29)/b21-17+. The highest BCUT2D eigenvalue weighted by atomic mass is 32.2. The zero-order valence-corrected chi connectivity index (χ0v) is 18.5. The summed E-state index contributed by atoms with van der Waals surface area (Å²) in [6.45, 7) is 0.440. The topological polar surface area (TPSA) is 89.3 Å². The average molecular weight is 453 g/mol. The lowest BCUT2D eigenvalue weighted by atomic mass is 10.1. The van der Waals surface area contributed by atoms with Crippen LogP contribution in [-0.4, -0.2) is 26.6 Å². The maximum atomic E-state index is 12.9. The lowest BCUT2D eigenvalue weighted by molar-refractivity contribution is -0.117. The van der Waals surface area contributed by atoms with Crippen LogP contribution in [0, 0.1) is 0 Å². The summed E-state index contributed by atoms with van der Waals surface area (Å²) < 4.78 is 22.7. The minimum atomic E-state index is -3.70. The van der Waals surface area contributed by atoms with Gasteiger partial charge in [-0.1, -0.05) is 60.7 Å². The van der Waals surface area contributed by atoms with Gasteiger partial charge in [-0.2, -0.15) is 0 Å². The molecule has 5 nitrogen and oxygen atoms in total.